The van der Waals surface area contributed by atoms with Gasteiger partial charge in [0.05, 0.1) is 0 Å². The zero-order chi connectivity index (χ0) is 20.6. The van der Waals surface area contributed by atoms with Crippen molar-refractivity contribution in [1.82, 2.24) is 10.3 Å². The number of nitrogens with zero attached hydrogens (tertiary/aromatic N) is 1. The van der Waals surface area contributed by atoms with Crippen LogP contribution < -0.4 is 16.4 Å². The van der Waals surface area contributed by atoms with Crippen molar-refractivity contribution >= 4 is 28.5 Å². The van der Waals surface area contributed by atoms with Crippen LogP contribution in [0.5, 0.6) is 0 Å². The van der Waals surface area contributed by atoms with Crippen LogP contribution in [-0.4, -0.2) is 17.2 Å². The third-order valence-corrected chi connectivity index (χ3v) is 3.90. The molecule has 0 unspecified atom stereocenters. The lowest BCUT2D eigenvalue weighted by atomic mass is 10.1. The van der Waals surface area contributed by atoms with E-state index in [1.54, 1.807) is 5.32 Å². The number of hydrogen-bond donors (Lipinski definition) is 3. The second kappa shape index (κ2) is 6.98. The van der Waals surface area contributed by atoms with Crippen LogP contribution in [0, 0.1) is 18.6 Å². The van der Waals surface area contributed by atoms with E-state index in [0.29, 0.717) is 6.07 Å². The number of alkyl halides is 3. The number of pyridine rings is 1. The Morgan fingerprint density at radius 3 is 2.61 bits per heavy atom. The summed E-state index contributed by atoms with van der Waals surface area (Å²) in [6, 6.07) is 0.108. The van der Waals surface area contributed by atoms with Gasteiger partial charge in [-0.15, -0.1) is 0 Å². The quantitative estimate of drug-likeness (QED) is 0.568. The molecular weight excluding hydrogens is 387 g/mol. The first-order valence-electron chi connectivity index (χ1n) is 7.80. The van der Waals surface area contributed by atoms with Crippen LogP contribution in [0.4, 0.5) is 38.3 Å². The topological polar surface area (TPSA) is 93.2 Å². The molecule has 0 saturated heterocycles. The Bertz CT molecular complexity index is 1050. The molecule has 0 aliphatic carbocycles. The minimum absolute atomic E-state index is 0.0517. The molecule has 0 spiro atoms. The molecule has 28 heavy (non-hydrogen) atoms. The number of amides is 2. The molecule has 2 heterocycles. The molecule has 1 atom stereocenters. The van der Waals surface area contributed by atoms with Gasteiger partial charge in [-0.25, -0.2) is 18.6 Å². The maximum absolute atomic E-state index is 13.9. The summed E-state index contributed by atoms with van der Waals surface area (Å²) in [6.45, 7) is 1.21. The van der Waals surface area contributed by atoms with Crippen molar-refractivity contribution in [3.63, 3.8) is 0 Å². The van der Waals surface area contributed by atoms with Gasteiger partial charge in [-0.05, 0) is 19.1 Å². The molecular formula is C17H13F5N4O2. The van der Waals surface area contributed by atoms with Gasteiger partial charge in [0.15, 0.2) is 17.4 Å². The average molecular weight is 400 g/mol. The van der Waals surface area contributed by atoms with Crippen molar-refractivity contribution < 1.29 is 31.2 Å². The van der Waals surface area contributed by atoms with E-state index in [1.807, 2.05) is 0 Å². The van der Waals surface area contributed by atoms with Crippen LogP contribution in [-0.2, 0) is 0 Å². The van der Waals surface area contributed by atoms with Gasteiger partial charge in [-0.2, -0.15) is 13.2 Å². The largest absolute Gasteiger partial charge is 0.455 e. The van der Waals surface area contributed by atoms with Crippen LogP contribution >= 0.6 is 0 Å². The molecule has 0 fully saturated rings. The molecule has 0 saturated carbocycles. The molecule has 6 nitrogen and oxygen atoms in total. The Kier molecular flexibility index (Phi) is 4.84. The predicted octanol–water partition coefficient (Wildman–Crippen LogP) is 4.42. The van der Waals surface area contributed by atoms with Gasteiger partial charge < -0.3 is 20.8 Å². The van der Waals surface area contributed by atoms with Gasteiger partial charge >= 0.3 is 12.2 Å². The molecule has 11 heteroatoms. The molecule has 4 N–H and O–H groups in total. The van der Waals surface area contributed by atoms with Crippen LogP contribution in [0.1, 0.15) is 17.4 Å². The van der Waals surface area contributed by atoms with Crippen LogP contribution in [0.25, 0.3) is 11.0 Å². The number of aryl methyl sites for hydroxylation is 1. The van der Waals surface area contributed by atoms with E-state index in [9.17, 15) is 26.7 Å². The number of hydrogen-bond acceptors (Lipinski definition) is 4. The molecule has 2 amide bonds. The highest BCUT2D eigenvalue weighted by Crippen LogP contribution is 2.39. The van der Waals surface area contributed by atoms with Gasteiger partial charge in [-0.3, -0.25) is 0 Å². The van der Waals surface area contributed by atoms with Gasteiger partial charge in [-0.1, -0.05) is 0 Å². The van der Waals surface area contributed by atoms with Gasteiger partial charge in [0.25, 0.3) is 0 Å². The Morgan fingerprint density at radius 1 is 1.25 bits per heavy atom. The van der Waals surface area contributed by atoms with Crippen LogP contribution in [0.15, 0.2) is 34.9 Å². The lowest BCUT2D eigenvalue weighted by molar-refractivity contribution is -0.158. The van der Waals surface area contributed by atoms with Crippen molar-refractivity contribution in [2.45, 2.75) is 19.1 Å². The number of nitrogens with one attached hydrogen (secondary N) is 2. The summed E-state index contributed by atoms with van der Waals surface area (Å²) in [5, 5.41) is 3.75. The van der Waals surface area contributed by atoms with E-state index >= 15 is 0 Å². The fraction of sp³-hybridized carbons (Fsp3) is 0.176. The predicted molar refractivity (Wildman–Crippen MR) is 90.5 cm³/mol. The third kappa shape index (κ3) is 3.82. The molecule has 148 valence electrons. The summed E-state index contributed by atoms with van der Waals surface area (Å²) in [5.74, 6) is -2.82. The molecule has 2 aromatic heterocycles. The number of anilines is 2. The lowest BCUT2D eigenvalue weighted by Crippen LogP contribution is -2.40. The normalized spacial score (nSPS) is 12.8. The van der Waals surface area contributed by atoms with E-state index in [4.69, 9.17) is 10.2 Å². The number of carbonyl (C=O) groups excluding carboxylic acids is 1. The van der Waals surface area contributed by atoms with E-state index in [-0.39, 0.29) is 22.5 Å². The van der Waals surface area contributed by atoms with Crippen molar-refractivity contribution in [3.8, 4) is 0 Å². The number of carbonyl (C=O) groups is 1. The minimum Gasteiger partial charge on any atom is -0.455 e. The first-order valence-corrected chi connectivity index (χ1v) is 7.80. The second-order valence-electron chi connectivity index (χ2n) is 5.90. The molecule has 3 aromatic rings. The summed E-state index contributed by atoms with van der Waals surface area (Å²) < 4.78 is 72.9. The second-order valence-corrected chi connectivity index (χ2v) is 5.90. The van der Waals surface area contributed by atoms with Gasteiger partial charge in [0.2, 0.25) is 0 Å². The fourth-order valence-corrected chi connectivity index (χ4v) is 2.66. The highest BCUT2D eigenvalue weighted by molar-refractivity contribution is 5.90. The summed E-state index contributed by atoms with van der Waals surface area (Å²) in [6.07, 6.45) is -3.71. The molecule has 1 aromatic carbocycles. The Balaban J connectivity index is 1.95. The zero-order valence-electron chi connectivity index (χ0n) is 14.2. The lowest BCUT2D eigenvalue weighted by Gasteiger charge is -2.20. The molecule has 0 bridgehead atoms. The number of rotatable bonds is 3. The number of fused-ring (bicyclic) bond motifs is 1. The van der Waals surface area contributed by atoms with Crippen molar-refractivity contribution in [2.24, 2.45) is 0 Å². The number of nitrogens with two attached hydrogens (primary N) is 1. The first-order chi connectivity index (χ1) is 13.1. The number of urea groups is 1. The van der Waals surface area contributed by atoms with E-state index < -0.39 is 41.2 Å². The maximum atomic E-state index is 13.9. The van der Waals surface area contributed by atoms with Crippen molar-refractivity contribution in [1.29, 1.82) is 0 Å². The van der Waals surface area contributed by atoms with E-state index in [1.165, 1.54) is 25.3 Å². The number of halogens is 5. The highest BCUT2D eigenvalue weighted by atomic mass is 19.4. The summed E-state index contributed by atoms with van der Waals surface area (Å²) >= 11 is 0. The minimum atomic E-state index is -4.97. The molecule has 0 radical (unpaired) electrons. The fourth-order valence-electron chi connectivity index (χ4n) is 2.66. The van der Waals surface area contributed by atoms with Gasteiger partial charge in [0.1, 0.15) is 17.4 Å². The van der Waals surface area contributed by atoms with E-state index in [0.717, 1.165) is 6.07 Å². The average Bonchev–Trinajstić information content (AvgIpc) is 2.89. The van der Waals surface area contributed by atoms with Crippen LogP contribution in [0.2, 0.25) is 0 Å². The van der Waals surface area contributed by atoms with E-state index in [2.05, 4.69) is 10.3 Å². The molecule has 0 aliphatic rings. The van der Waals surface area contributed by atoms with Crippen LogP contribution in [0.3, 0.4) is 0 Å². The van der Waals surface area contributed by atoms with Crippen molar-refractivity contribution in [2.75, 3.05) is 11.1 Å². The standard InChI is InChI=1S/C17H13F5N4O2/c1-7-10-4-8(18)5-11(19)14(10)28-13(7)15(17(20,21)22)26-16(27)25-9-2-3-24-12(23)6-9/h2-6,15H,1H3,(H4,23,24,25,26,27)/t15-/m1/s1. The summed E-state index contributed by atoms with van der Waals surface area (Å²) in [5.41, 5.74) is 4.87. The number of aromatic nitrogens is 1. The molecule has 3 rings (SSSR count). The highest BCUT2D eigenvalue weighted by Gasteiger charge is 2.45. The van der Waals surface area contributed by atoms with Gasteiger partial charge in [0, 0.05) is 35.0 Å². The third-order valence-electron chi connectivity index (χ3n) is 3.90. The monoisotopic (exact) mass is 400 g/mol. The Labute approximate surface area is 154 Å². The Hall–Kier alpha value is -3.37. The SMILES string of the molecule is Cc1c([C@@H](NC(=O)Nc2ccnc(N)c2)C(F)(F)F)oc2c(F)cc(F)cc12. The maximum Gasteiger partial charge on any atom is 0.416 e. The summed E-state index contributed by atoms with van der Waals surface area (Å²) in [7, 11) is 0. The number of furan rings is 1. The molecule has 0 aliphatic heterocycles. The van der Waals surface area contributed by atoms with Crippen molar-refractivity contribution in [3.05, 3.63) is 53.4 Å². The zero-order valence-corrected chi connectivity index (χ0v) is 14.2. The smallest absolute Gasteiger partial charge is 0.416 e. The number of benzene rings is 1. The summed E-state index contributed by atoms with van der Waals surface area (Å²) in [4.78, 5) is 15.7. The Morgan fingerprint density at radius 2 is 1.96 bits per heavy atom. The first kappa shape index (κ1) is 19.4. The number of nitrogen functional groups attached to an aromatic ring is 1.